The predicted molar refractivity (Wildman–Crippen MR) is 114 cm³/mol. The van der Waals surface area contributed by atoms with E-state index in [0.29, 0.717) is 12.5 Å². The van der Waals surface area contributed by atoms with Crippen LogP contribution < -0.4 is 4.72 Å². The molecule has 1 fully saturated rings. The first-order valence-corrected chi connectivity index (χ1v) is 11.1. The van der Waals surface area contributed by atoms with E-state index in [1.807, 2.05) is 40.7 Å². The van der Waals surface area contributed by atoms with Gasteiger partial charge in [-0.2, -0.15) is 0 Å². The molecule has 0 spiro atoms. The van der Waals surface area contributed by atoms with Crippen LogP contribution in [0.2, 0.25) is 0 Å². The number of carboxylic acid groups (broad SMARTS) is 1. The van der Waals surface area contributed by atoms with Crippen molar-refractivity contribution in [1.29, 1.82) is 0 Å². The highest BCUT2D eigenvalue weighted by Gasteiger charge is 2.46. The van der Waals surface area contributed by atoms with Crippen LogP contribution in [0.25, 0.3) is 0 Å². The first-order chi connectivity index (χ1) is 12.2. The smallest absolute Gasteiger partial charge is 0.407 e. The van der Waals surface area contributed by atoms with Crippen molar-refractivity contribution in [3.8, 4) is 0 Å². The fourth-order valence-corrected chi connectivity index (χ4v) is 4.74. The molecule has 1 aliphatic heterocycles. The van der Waals surface area contributed by atoms with E-state index in [4.69, 9.17) is 0 Å². The lowest BCUT2D eigenvalue weighted by molar-refractivity contribution is 0.115. The average molecular weight is 401 g/mol. The maximum Gasteiger partial charge on any atom is 0.407 e. The minimum Gasteiger partial charge on any atom is -0.598 e. The van der Waals surface area contributed by atoms with Crippen molar-refractivity contribution >= 4 is 17.5 Å². The van der Waals surface area contributed by atoms with Crippen LogP contribution in [0.3, 0.4) is 0 Å². The molecule has 0 aromatic rings. The van der Waals surface area contributed by atoms with E-state index in [1.54, 1.807) is 4.90 Å². The van der Waals surface area contributed by atoms with Crippen molar-refractivity contribution in [3.63, 3.8) is 0 Å². The largest absolute Gasteiger partial charge is 0.598 e. The van der Waals surface area contributed by atoms with Gasteiger partial charge < -0.3 is 14.6 Å². The number of carbonyl (C=O) groups is 1. The van der Waals surface area contributed by atoms with Crippen LogP contribution in [0, 0.1) is 11.3 Å². The molecule has 0 aromatic carbocycles. The summed E-state index contributed by atoms with van der Waals surface area (Å²) >= 11 is -1.09. The molecule has 2 unspecified atom stereocenters. The van der Waals surface area contributed by atoms with E-state index in [1.165, 1.54) is 0 Å². The van der Waals surface area contributed by atoms with Crippen LogP contribution in [0.5, 0.6) is 0 Å². The van der Waals surface area contributed by atoms with Crippen molar-refractivity contribution in [2.45, 2.75) is 96.9 Å². The first kappa shape index (κ1) is 24.3. The van der Waals surface area contributed by atoms with Gasteiger partial charge >= 0.3 is 6.09 Å². The van der Waals surface area contributed by atoms with Gasteiger partial charge in [-0.1, -0.05) is 26.3 Å². The molecule has 0 aliphatic carbocycles. The number of nitrogens with one attached hydrogen (secondary N) is 1. The Hall–Kier alpha value is -0.720. The minimum atomic E-state index is -1.09. The number of rotatable bonds is 9. The lowest BCUT2D eigenvalue weighted by Gasteiger charge is -2.33. The predicted octanol–water partition coefficient (Wildman–Crippen LogP) is 4.96. The maximum atomic E-state index is 12.4. The molecule has 6 heteroatoms. The summed E-state index contributed by atoms with van der Waals surface area (Å²) in [5.41, 5.74) is -0.228. The molecule has 3 atom stereocenters. The molecular formula is C21H40N2O3S. The fraction of sp³-hybridized carbons (Fsp3) is 0.857. The molecule has 0 saturated carbocycles. The van der Waals surface area contributed by atoms with Crippen molar-refractivity contribution in [2.24, 2.45) is 11.3 Å². The summed E-state index contributed by atoms with van der Waals surface area (Å²) in [6.45, 7) is 18.9. The Kier molecular flexibility index (Phi) is 8.27. The Balaban J connectivity index is 2.61. The summed E-state index contributed by atoms with van der Waals surface area (Å²) < 4.78 is 15.4. The maximum absolute atomic E-state index is 12.4. The molecule has 2 N–H and O–H groups in total. The second-order valence-corrected chi connectivity index (χ2v) is 12.2. The summed E-state index contributed by atoms with van der Waals surface area (Å²) in [6, 6.07) is 0.161. The van der Waals surface area contributed by atoms with Gasteiger partial charge in [0.2, 0.25) is 0 Å². The summed E-state index contributed by atoms with van der Waals surface area (Å²) in [6.07, 6.45) is 5.74. The second kappa shape index (κ2) is 9.19. The Morgan fingerprint density at radius 1 is 1.41 bits per heavy atom. The van der Waals surface area contributed by atoms with E-state index in [-0.39, 0.29) is 21.7 Å². The van der Waals surface area contributed by atoms with E-state index in [9.17, 15) is 14.5 Å². The molecule has 158 valence electrons. The number of amides is 1. The SMILES string of the molecule is C=CCC(CCCC(C)(C)[C@H]1CN(C(=O)O)C(C)(C)C1)N[S+]([O-])C(C)(C)C. The average Bonchev–Trinajstić information content (AvgIpc) is 2.82. The third kappa shape index (κ3) is 6.99. The van der Waals surface area contributed by atoms with Gasteiger partial charge in [-0.25, -0.2) is 4.79 Å². The van der Waals surface area contributed by atoms with Gasteiger partial charge in [-0.15, -0.1) is 11.3 Å². The van der Waals surface area contributed by atoms with Crippen molar-refractivity contribution in [2.75, 3.05) is 6.54 Å². The summed E-state index contributed by atoms with van der Waals surface area (Å²) in [5.74, 6) is 0.359. The van der Waals surface area contributed by atoms with Crippen molar-refractivity contribution in [1.82, 2.24) is 9.62 Å². The quantitative estimate of drug-likeness (QED) is 0.424. The Labute approximate surface area is 169 Å². The van der Waals surface area contributed by atoms with Crippen LogP contribution >= 0.6 is 0 Å². The van der Waals surface area contributed by atoms with E-state index < -0.39 is 17.5 Å². The highest BCUT2D eigenvalue weighted by atomic mass is 32.2. The third-order valence-electron chi connectivity index (χ3n) is 5.87. The zero-order valence-corrected chi connectivity index (χ0v) is 19.1. The van der Waals surface area contributed by atoms with Crippen molar-refractivity contribution in [3.05, 3.63) is 12.7 Å². The molecule has 0 radical (unpaired) electrons. The topological polar surface area (TPSA) is 75.6 Å². The van der Waals surface area contributed by atoms with Crippen LogP contribution in [-0.2, 0) is 11.4 Å². The van der Waals surface area contributed by atoms with Gasteiger partial charge in [-0.3, -0.25) is 0 Å². The lowest BCUT2D eigenvalue weighted by atomic mass is 9.72. The highest BCUT2D eigenvalue weighted by Crippen LogP contribution is 2.44. The molecule has 0 bridgehead atoms. The molecule has 27 heavy (non-hydrogen) atoms. The van der Waals surface area contributed by atoms with Crippen LogP contribution in [0.1, 0.15) is 80.6 Å². The summed E-state index contributed by atoms with van der Waals surface area (Å²) in [5, 5.41) is 9.47. The van der Waals surface area contributed by atoms with Crippen LogP contribution in [-0.4, -0.2) is 43.5 Å². The first-order valence-electron chi connectivity index (χ1n) is 10.0. The molecule has 5 nitrogen and oxygen atoms in total. The summed E-state index contributed by atoms with van der Waals surface area (Å²) in [7, 11) is 0. The zero-order valence-electron chi connectivity index (χ0n) is 18.3. The lowest BCUT2D eigenvalue weighted by Crippen LogP contribution is -2.44. The Bertz CT molecular complexity index is 514. The van der Waals surface area contributed by atoms with Gasteiger partial charge in [0.15, 0.2) is 0 Å². The summed E-state index contributed by atoms with van der Waals surface area (Å²) in [4.78, 5) is 13.1. The third-order valence-corrected chi connectivity index (χ3v) is 7.53. The zero-order chi connectivity index (χ0) is 21.0. The van der Waals surface area contributed by atoms with Gasteiger partial charge in [-0.05, 0) is 71.6 Å². The number of likely N-dealkylation sites (tertiary alicyclic amines) is 1. The van der Waals surface area contributed by atoms with Gasteiger partial charge in [0, 0.05) is 23.4 Å². The van der Waals surface area contributed by atoms with Gasteiger partial charge in [0.1, 0.15) is 4.75 Å². The number of hydrogen-bond acceptors (Lipinski definition) is 3. The molecule has 1 heterocycles. The molecule has 1 saturated heterocycles. The normalized spacial score (nSPS) is 22.5. The van der Waals surface area contributed by atoms with Crippen molar-refractivity contribution < 1.29 is 14.5 Å². The van der Waals surface area contributed by atoms with E-state index >= 15 is 0 Å². The minimum absolute atomic E-state index is 0.0728. The van der Waals surface area contributed by atoms with E-state index in [2.05, 4.69) is 25.1 Å². The highest BCUT2D eigenvalue weighted by molar-refractivity contribution is 7.90. The van der Waals surface area contributed by atoms with Crippen LogP contribution in [0.4, 0.5) is 4.79 Å². The monoisotopic (exact) mass is 400 g/mol. The molecule has 1 aliphatic rings. The standard InChI is InChI=1S/C21H40N2O3S/c1-9-11-17(22-27(26)19(2,3)4)12-10-13-20(5,6)16-14-21(7,8)23(15-16)18(24)25/h9,16-17,22H,1,10-15H2,2-8H3,(H,24,25)/t16-,17?,27?/m1/s1. The van der Waals surface area contributed by atoms with E-state index in [0.717, 1.165) is 32.1 Å². The Morgan fingerprint density at radius 2 is 2.00 bits per heavy atom. The molecule has 1 amide bonds. The number of hydrogen-bond donors (Lipinski definition) is 2. The van der Waals surface area contributed by atoms with Gasteiger partial charge in [0.05, 0.1) is 6.04 Å². The second-order valence-electron chi connectivity index (χ2n) is 10.2. The fourth-order valence-electron chi connectivity index (χ4n) is 3.87. The molecule has 0 aromatic heterocycles. The molecule has 1 rings (SSSR count). The van der Waals surface area contributed by atoms with Crippen LogP contribution in [0.15, 0.2) is 12.7 Å². The molecular weight excluding hydrogens is 360 g/mol. The Morgan fingerprint density at radius 3 is 2.44 bits per heavy atom. The van der Waals surface area contributed by atoms with Gasteiger partial charge in [0.25, 0.3) is 0 Å². The number of nitrogens with zero attached hydrogens (tertiary/aromatic N) is 1.